The standard InChI is InChI=1S/C15H24O.C12H26O7/c1-2-3-4-5-6-7-8-11-14-12-9-10-13-15(14)16;13-1-3-15-5-7-17-9-11-19-12-10-18-8-6-16-4-2-14/h9-10,12-13,16H,2-8,11H2,1H3;13-14H,1-12H2. The van der Waals surface area contributed by atoms with Crippen LogP contribution in [-0.4, -0.2) is 94.6 Å². The summed E-state index contributed by atoms with van der Waals surface area (Å²) in [5, 5.41) is 26.5. The number of para-hydroxylation sites is 1. The van der Waals surface area contributed by atoms with Crippen molar-refractivity contribution in [2.75, 3.05) is 79.3 Å². The number of aryl methyl sites for hydroxylation is 1. The van der Waals surface area contributed by atoms with E-state index in [9.17, 15) is 5.11 Å². The number of ether oxygens (including phenoxy) is 5. The number of hydrogen-bond acceptors (Lipinski definition) is 8. The van der Waals surface area contributed by atoms with Crippen LogP contribution in [0.2, 0.25) is 0 Å². The first-order valence-corrected chi connectivity index (χ1v) is 13.1. The van der Waals surface area contributed by atoms with E-state index in [1.54, 1.807) is 6.07 Å². The molecule has 8 nitrogen and oxygen atoms in total. The topological polar surface area (TPSA) is 107 Å². The Balaban J connectivity index is 0.000000669. The first-order chi connectivity index (χ1) is 17.3. The third-order valence-corrected chi connectivity index (χ3v) is 5.00. The zero-order valence-corrected chi connectivity index (χ0v) is 21.8. The van der Waals surface area contributed by atoms with Gasteiger partial charge in [-0.05, 0) is 24.5 Å². The summed E-state index contributed by atoms with van der Waals surface area (Å²) in [6.07, 6.45) is 10.3. The van der Waals surface area contributed by atoms with Gasteiger partial charge in [-0.3, -0.25) is 0 Å². The molecule has 1 aromatic rings. The van der Waals surface area contributed by atoms with Crippen molar-refractivity contribution in [1.82, 2.24) is 0 Å². The van der Waals surface area contributed by atoms with Gasteiger partial charge in [0.15, 0.2) is 0 Å². The van der Waals surface area contributed by atoms with Gasteiger partial charge < -0.3 is 39.0 Å². The minimum atomic E-state index is 0.0359. The number of hydrogen-bond donors (Lipinski definition) is 3. The first-order valence-electron chi connectivity index (χ1n) is 13.1. The lowest BCUT2D eigenvalue weighted by Gasteiger charge is -2.07. The average Bonchev–Trinajstić information content (AvgIpc) is 2.87. The maximum Gasteiger partial charge on any atom is 0.118 e. The van der Waals surface area contributed by atoms with Gasteiger partial charge >= 0.3 is 0 Å². The Morgan fingerprint density at radius 1 is 0.543 bits per heavy atom. The molecule has 0 saturated heterocycles. The van der Waals surface area contributed by atoms with Crippen LogP contribution in [0.3, 0.4) is 0 Å². The third kappa shape index (κ3) is 25.6. The van der Waals surface area contributed by atoms with Gasteiger partial charge in [-0.25, -0.2) is 0 Å². The van der Waals surface area contributed by atoms with Gasteiger partial charge in [0.1, 0.15) is 5.75 Å². The molecule has 3 N–H and O–H groups in total. The average molecular weight is 503 g/mol. The summed E-state index contributed by atoms with van der Waals surface area (Å²) in [7, 11) is 0. The van der Waals surface area contributed by atoms with Gasteiger partial charge in [-0.2, -0.15) is 0 Å². The molecule has 0 aromatic heterocycles. The maximum absolute atomic E-state index is 9.58. The minimum absolute atomic E-state index is 0.0359. The van der Waals surface area contributed by atoms with E-state index in [1.807, 2.05) is 18.2 Å². The molecule has 35 heavy (non-hydrogen) atoms. The molecule has 0 aliphatic carbocycles. The van der Waals surface area contributed by atoms with Gasteiger partial charge in [0, 0.05) is 0 Å². The van der Waals surface area contributed by atoms with Crippen molar-refractivity contribution in [3.8, 4) is 5.75 Å². The summed E-state index contributed by atoms with van der Waals surface area (Å²) >= 11 is 0. The highest BCUT2D eigenvalue weighted by Gasteiger charge is 1.99. The molecule has 0 bridgehead atoms. The van der Waals surface area contributed by atoms with Crippen molar-refractivity contribution in [2.24, 2.45) is 0 Å². The quantitative estimate of drug-likeness (QED) is 0.184. The predicted octanol–water partition coefficient (Wildman–Crippen LogP) is 3.74. The van der Waals surface area contributed by atoms with Crippen LogP contribution in [0.25, 0.3) is 0 Å². The number of unbranched alkanes of at least 4 members (excludes halogenated alkanes) is 6. The van der Waals surface area contributed by atoms with Gasteiger partial charge in [0.2, 0.25) is 0 Å². The zero-order valence-electron chi connectivity index (χ0n) is 21.8. The minimum Gasteiger partial charge on any atom is -0.508 e. The molecule has 0 heterocycles. The number of aromatic hydroxyl groups is 1. The highest BCUT2D eigenvalue weighted by atomic mass is 16.6. The molecule has 0 atom stereocenters. The zero-order chi connectivity index (χ0) is 25.7. The van der Waals surface area contributed by atoms with E-state index in [2.05, 4.69) is 6.92 Å². The fourth-order valence-corrected chi connectivity index (χ4v) is 3.11. The van der Waals surface area contributed by atoms with Crippen molar-refractivity contribution in [3.63, 3.8) is 0 Å². The fourth-order valence-electron chi connectivity index (χ4n) is 3.11. The summed E-state index contributed by atoms with van der Waals surface area (Å²) in [4.78, 5) is 0. The second-order valence-electron chi connectivity index (χ2n) is 8.01. The Kier molecular flexibility index (Phi) is 27.9. The van der Waals surface area contributed by atoms with E-state index < -0.39 is 0 Å². The summed E-state index contributed by atoms with van der Waals surface area (Å²) in [5.74, 6) is 0.452. The Morgan fingerprint density at radius 2 is 0.943 bits per heavy atom. The second kappa shape index (κ2) is 29.0. The predicted molar refractivity (Wildman–Crippen MR) is 138 cm³/mol. The van der Waals surface area contributed by atoms with E-state index in [0.29, 0.717) is 71.8 Å². The van der Waals surface area contributed by atoms with Crippen LogP contribution in [0.1, 0.15) is 57.4 Å². The molecule has 0 radical (unpaired) electrons. The number of phenolic OH excluding ortho intramolecular Hbond substituents is 1. The highest BCUT2D eigenvalue weighted by molar-refractivity contribution is 5.31. The van der Waals surface area contributed by atoms with Crippen LogP contribution < -0.4 is 0 Å². The van der Waals surface area contributed by atoms with Gasteiger partial charge in [0.25, 0.3) is 0 Å². The molecule has 0 saturated carbocycles. The van der Waals surface area contributed by atoms with E-state index >= 15 is 0 Å². The maximum atomic E-state index is 9.58. The SMILES string of the molecule is CCCCCCCCCc1ccccc1O.OCCOCCOCCOCCOCCOCCO. The summed E-state index contributed by atoms with van der Waals surface area (Å²) in [6, 6.07) is 7.67. The van der Waals surface area contributed by atoms with E-state index in [-0.39, 0.29) is 13.2 Å². The van der Waals surface area contributed by atoms with Crippen molar-refractivity contribution >= 4 is 0 Å². The molecule has 0 amide bonds. The molecule has 1 rings (SSSR count). The van der Waals surface area contributed by atoms with Crippen LogP contribution >= 0.6 is 0 Å². The largest absolute Gasteiger partial charge is 0.508 e. The fraction of sp³-hybridized carbons (Fsp3) is 0.778. The molecule has 0 unspecified atom stereocenters. The Labute approximate surface area is 212 Å². The molecule has 0 aliphatic rings. The number of rotatable bonds is 24. The molecular weight excluding hydrogens is 452 g/mol. The molecule has 1 aromatic carbocycles. The number of benzene rings is 1. The summed E-state index contributed by atoms with van der Waals surface area (Å²) in [5.41, 5.74) is 1.09. The van der Waals surface area contributed by atoms with Gasteiger partial charge in [-0.15, -0.1) is 0 Å². The van der Waals surface area contributed by atoms with Crippen LogP contribution in [0.5, 0.6) is 5.75 Å². The van der Waals surface area contributed by atoms with Gasteiger partial charge in [-0.1, -0.05) is 63.6 Å². The van der Waals surface area contributed by atoms with E-state index in [4.69, 9.17) is 33.9 Å². The second-order valence-corrected chi connectivity index (χ2v) is 8.01. The molecule has 0 fully saturated rings. The van der Waals surface area contributed by atoms with E-state index in [0.717, 1.165) is 12.0 Å². The first kappa shape index (κ1) is 33.7. The highest BCUT2D eigenvalue weighted by Crippen LogP contribution is 2.18. The lowest BCUT2D eigenvalue weighted by Crippen LogP contribution is -2.14. The Bertz CT molecular complexity index is 514. The Morgan fingerprint density at radius 3 is 1.37 bits per heavy atom. The molecule has 0 spiro atoms. The Hall–Kier alpha value is -1.26. The lowest BCUT2D eigenvalue weighted by atomic mass is 10.0. The summed E-state index contributed by atoms with van der Waals surface area (Å²) < 4.78 is 25.8. The molecule has 0 aliphatic heterocycles. The summed E-state index contributed by atoms with van der Waals surface area (Å²) in [6.45, 7) is 7.05. The van der Waals surface area contributed by atoms with Crippen LogP contribution in [0.4, 0.5) is 0 Å². The molecule has 8 heteroatoms. The van der Waals surface area contributed by atoms with Crippen LogP contribution in [0.15, 0.2) is 24.3 Å². The van der Waals surface area contributed by atoms with Crippen molar-refractivity contribution in [1.29, 1.82) is 0 Å². The smallest absolute Gasteiger partial charge is 0.118 e. The lowest BCUT2D eigenvalue weighted by molar-refractivity contribution is -0.0151. The van der Waals surface area contributed by atoms with Crippen LogP contribution in [0, 0.1) is 0 Å². The normalized spacial score (nSPS) is 10.8. The number of phenols is 1. The third-order valence-electron chi connectivity index (χ3n) is 5.00. The van der Waals surface area contributed by atoms with Crippen LogP contribution in [-0.2, 0) is 30.1 Å². The van der Waals surface area contributed by atoms with Gasteiger partial charge in [0.05, 0.1) is 79.3 Å². The molecular formula is C27H50O8. The monoisotopic (exact) mass is 502 g/mol. The van der Waals surface area contributed by atoms with Crippen molar-refractivity contribution < 1.29 is 39.0 Å². The number of aliphatic hydroxyl groups excluding tert-OH is 2. The van der Waals surface area contributed by atoms with Crippen molar-refractivity contribution in [2.45, 2.75) is 58.3 Å². The molecule has 206 valence electrons. The van der Waals surface area contributed by atoms with Crippen molar-refractivity contribution in [3.05, 3.63) is 29.8 Å². The van der Waals surface area contributed by atoms with E-state index in [1.165, 1.54) is 44.9 Å². The number of aliphatic hydroxyl groups is 2.